The van der Waals surface area contributed by atoms with Crippen molar-refractivity contribution in [3.05, 3.63) is 66.5 Å². The van der Waals surface area contributed by atoms with Gasteiger partial charge in [-0.3, -0.25) is 9.59 Å². The topological polar surface area (TPSA) is 267 Å². The van der Waals surface area contributed by atoms with Crippen LogP contribution in [0, 0.1) is 12.3 Å². The number of carbonyl (C=O) groups is 3. The fourth-order valence-corrected chi connectivity index (χ4v) is 6.99. The number of hydrogen-bond donors (Lipinski definition) is 5. The van der Waals surface area contributed by atoms with Gasteiger partial charge in [0, 0.05) is 99.9 Å². The number of hydrogen-bond acceptors (Lipinski definition) is 17. The monoisotopic (exact) mass is 874 g/mol. The number of ether oxygens (including phenoxy) is 3. The maximum atomic E-state index is 13.0. The number of nitrogens with two attached hydrogens (primary N) is 1. The maximum absolute atomic E-state index is 13.0. The van der Waals surface area contributed by atoms with Crippen LogP contribution in [0.25, 0.3) is 33.3 Å². The zero-order valence-electron chi connectivity index (χ0n) is 35.2. The molecule has 0 aliphatic carbocycles. The molecule has 1 saturated heterocycles. The van der Waals surface area contributed by atoms with Crippen LogP contribution in [-0.2, 0) is 32.1 Å². The summed E-state index contributed by atoms with van der Waals surface area (Å²) in [4.78, 5) is 70.8. The number of phenols is 1. The van der Waals surface area contributed by atoms with Gasteiger partial charge in [0.15, 0.2) is 18.0 Å². The molecule has 5 aromatic heterocycles. The number of terminal acetylenes is 1. The number of nitrogens with one attached hydrogen (secondary N) is 3. The third kappa shape index (κ3) is 11.9. The number of alkyl carbamates (subject to hydrolysis) is 1. The van der Waals surface area contributed by atoms with Crippen molar-refractivity contribution in [2.75, 3.05) is 81.3 Å². The largest absolute Gasteiger partial charge is 0.508 e. The van der Waals surface area contributed by atoms with Gasteiger partial charge in [-0.15, -0.1) is 6.42 Å². The molecule has 6 N–H and O–H groups in total. The van der Waals surface area contributed by atoms with Crippen LogP contribution in [0.4, 0.5) is 22.5 Å². The van der Waals surface area contributed by atoms with Gasteiger partial charge in [-0.05, 0) is 37.1 Å². The Morgan fingerprint density at radius 1 is 0.844 bits per heavy atom. The van der Waals surface area contributed by atoms with Crippen molar-refractivity contribution in [3.8, 4) is 29.5 Å². The molecule has 1 aliphatic rings. The molecule has 0 spiro atoms. The third-order valence-electron chi connectivity index (χ3n) is 10.3. The Balaban J connectivity index is 0.768. The van der Waals surface area contributed by atoms with Gasteiger partial charge in [0.25, 0.3) is 0 Å². The number of ketones is 1. The first-order valence-corrected chi connectivity index (χ1v) is 21.0. The van der Waals surface area contributed by atoms with E-state index in [1.807, 2.05) is 16.8 Å². The number of nitrogens with zero attached hydrogens (tertiary/aromatic N) is 10. The predicted molar refractivity (Wildman–Crippen MR) is 236 cm³/mol. The van der Waals surface area contributed by atoms with Crippen molar-refractivity contribution in [1.29, 1.82) is 0 Å². The van der Waals surface area contributed by atoms with E-state index in [1.54, 1.807) is 36.9 Å². The normalized spacial score (nSPS) is 12.7. The van der Waals surface area contributed by atoms with E-state index in [4.69, 9.17) is 26.7 Å². The first kappa shape index (κ1) is 44.6. The molecule has 0 saturated carbocycles. The predicted octanol–water partition coefficient (Wildman–Crippen LogP) is 3.01. The van der Waals surface area contributed by atoms with Crippen molar-refractivity contribution >= 4 is 57.4 Å². The molecule has 1 fully saturated rings. The molecule has 7 rings (SSSR count). The Morgan fingerprint density at radius 2 is 1.56 bits per heavy atom. The van der Waals surface area contributed by atoms with E-state index in [1.165, 1.54) is 6.33 Å². The number of aromatic hydroxyl groups is 1. The Hall–Kier alpha value is -7.44. The van der Waals surface area contributed by atoms with Crippen LogP contribution >= 0.6 is 0 Å². The number of aryl methyl sites for hydroxylation is 1. The minimum atomic E-state index is -0.599. The maximum Gasteiger partial charge on any atom is 0.408 e. The van der Waals surface area contributed by atoms with E-state index in [0.29, 0.717) is 105 Å². The standard InChI is InChI=1S/C43H50N14O7/c1-2-16-64-43(61)45-10-18-63-20-19-62-17-9-36(60)46-23-29-24-47-41(48-25-29)55-12-14-56(15-13-55)42-49-26-31(27-50-42)35(59)6-4-3-5-11-57-40-37(39(44)51-28-52-40)38(54-57)34-22-30-21-32(58)7-8-33(30)53-34/h1,7-8,21-22,24-28,53,58H,3-6,9-20,23H2,(H,45,61)(H,46,60)(H2,44,51,52). The van der Waals surface area contributed by atoms with E-state index in [-0.39, 0.29) is 50.2 Å². The number of Topliss-reactive ketones (excluding diaryl/α,β-unsaturated/α-hetero) is 1. The summed E-state index contributed by atoms with van der Waals surface area (Å²) in [6, 6.07) is 7.03. The number of piperazine rings is 1. The summed E-state index contributed by atoms with van der Waals surface area (Å²) < 4.78 is 17.3. The fraction of sp³-hybridized carbons (Fsp3) is 0.395. The second kappa shape index (κ2) is 22.1. The number of aromatic amines is 1. The molecule has 0 radical (unpaired) electrons. The third-order valence-corrected chi connectivity index (χ3v) is 10.3. The highest BCUT2D eigenvalue weighted by Crippen LogP contribution is 2.33. The van der Waals surface area contributed by atoms with Crippen LogP contribution in [0.5, 0.6) is 5.75 Å². The summed E-state index contributed by atoms with van der Waals surface area (Å²) in [6.07, 6.45) is 15.3. The summed E-state index contributed by atoms with van der Waals surface area (Å²) in [6.45, 7) is 4.87. The number of carbonyl (C=O) groups excluding carboxylic acids is 3. The average molecular weight is 875 g/mol. The lowest BCUT2D eigenvalue weighted by Crippen LogP contribution is -2.47. The zero-order valence-corrected chi connectivity index (χ0v) is 35.2. The molecule has 2 amide bonds. The first-order chi connectivity index (χ1) is 31.2. The van der Waals surface area contributed by atoms with Gasteiger partial charge in [0.1, 0.15) is 23.6 Å². The lowest BCUT2D eigenvalue weighted by molar-refractivity contribution is -0.122. The number of phenolic OH excluding ortho intramolecular Hbond substituents is 1. The quantitative estimate of drug-likeness (QED) is 0.0373. The molecule has 1 aliphatic heterocycles. The molecular formula is C43H50N14O7. The molecular weight excluding hydrogens is 825 g/mol. The summed E-state index contributed by atoms with van der Waals surface area (Å²) in [5.74, 6) is 3.71. The molecule has 0 atom stereocenters. The van der Waals surface area contributed by atoms with Gasteiger partial charge >= 0.3 is 6.09 Å². The molecule has 21 heteroatoms. The number of aromatic nitrogens is 9. The second-order valence-electron chi connectivity index (χ2n) is 14.8. The van der Waals surface area contributed by atoms with Gasteiger partial charge in [0.05, 0.1) is 43.1 Å². The Morgan fingerprint density at radius 3 is 2.30 bits per heavy atom. The summed E-state index contributed by atoms with van der Waals surface area (Å²) in [5, 5.41) is 21.6. The summed E-state index contributed by atoms with van der Waals surface area (Å²) in [5.41, 5.74) is 10.4. The molecule has 334 valence electrons. The Labute approximate surface area is 368 Å². The SMILES string of the molecule is C#CCOC(=O)NCCOCCOCCC(=O)NCc1cnc(N2CCN(c3ncc(C(=O)CCCCCn4nc(-c5cc6cc(O)ccc6[nH]5)c5c(N)ncnc54)cn3)CC2)nc1. The lowest BCUT2D eigenvalue weighted by atomic mass is 10.1. The van der Waals surface area contributed by atoms with Crippen molar-refractivity contribution in [2.24, 2.45) is 0 Å². The van der Waals surface area contributed by atoms with Crippen molar-refractivity contribution < 1.29 is 33.7 Å². The van der Waals surface area contributed by atoms with Crippen LogP contribution in [0.1, 0.15) is 48.0 Å². The molecule has 64 heavy (non-hydrogen) atoms. The van der Waals surface area contributed by atoms with Gasteiger partial charge in [-0.25, -0.2) is 39.4 Å². The lowest BCUT2D eigenvalue weighted by Gasteiger charge is -2.34. The summed E-state index contributed by atoms with van der Waals surface area (Å²) in [7, 11) is 0. The number of H-pyrrole nitrogens is 1. The van der Waals surface area contributed by atoms with Crippen molar-refractivity contribution in [2.45, 2.75) is 45.2 Å². The highest BCUT2D eigenvalue weighted by molar-refractivity contribution is 6.00. The fourth-order valence-electron chi connectivity index (χ4n) is 6.99. The van der Waals surface area contributed by atoms with E-state index < -0.39 is 6.09 Å². The molecule has 0 bridgehead atoms. The number of anilines is 3. The second-order valence-corrected chi connectivity index (χ2v) is 14.8. The number of nitrogen functional groups attached to an aromatic ring is 1. The van der Waals surface area contributed by atoms with Crippen LogP contribution in [0.3, 0.4) is 0 Å². The first-order valence-electron chi connectivity index (χ1n) is 21.0. The summed E-state index contributed by atoms with van der Waals surface area (Å²) >= 11 is 0. The number of rotatable bonds is 22. The van der Waals surface area contributed by atoms with Crippen LogP contribution in [0.15, 0.2) is 55.4 Å². The average Bonchev–Trinajstić information content (AvgIpc) is 3.91. The molecule has 6 heterocycles. The molecule has 6 aromatic rings. The van der Waals surface area contributed by atoms with E-state index >= 15 is 0 Å². The number of amides is 2. The van der Waals surface area contributed by atoms with Gasteiger partial charge < -0.3 is 50.5 Å². The van der Waals surface area contributed by atoms with Crippen molar-refractivity contribution in [1.82, 2.24) is 55.3 Å². The minimum Gasteiger partial charge on any atom is -0.508 e. The highest BCUT2D eigenvalue weighted by atomic mass is 16.5. The van der Waals surface area contributed by atoms with E-state index in [9.17, 15) is 19.5 Å². The zero-order chi connectivity index (χ0) is 44.7. The van der Waals surface area contributed by atoms with E-state index in [2.05, 4.69) is 66.0 Å². The molecule has 0 unspecified atom stereocenters. The van der Waals surface area contributed by atoms with Gasteiger partial charge in [0.2, 0.25) is 17.8 Å². The van der Waals surface area contributed by atoms with Gasteiger partial charge in [-0.2, -0.15) is 5.10 Å². The minimum absolute atomic E-state index is 0.00804. The van der Waals surface area contributed by atoms with Crippen molar-refractivity contribution in [3.63, 3.8) is 0 Å². The van der Waals surface area contributed by atoms with Gasteiger partial charge in [-0.1, -0.05) is 12.3 Å². The molecule has 1 aromatic carbocycles. The van der Waals surface area contributed by atoms with Crippen LogP contribution < -0.4 is 26.2 Å². The number of unbranched alkanes of at least 4 members (excludes halogenated alkanes) is 2. The van der Waals surface area contributed by atoms with E-state index in [0.717, 1.165) is 35.0 Å². The highest BCUT2D eigenvalue weighted by Gasteiger charge is 2.22. The smallest absolute Gasteiger partial charge is 0.408 e. The Bertz CT molecular complexity index is 2550. The Kier molecular flexibility index (Phi) is 15.4. The molecule has 21 nitrogen and oxygen atoms in total. The van der Waals surface area contributed by atoms with Crippen LogP contribution in [0.2, 0.25) is 0 Å². The number of benzene rings is 1. The van der Waals surface area contributed by atoms with Crippen LogP contribution in [-0.4, -0.2) is 133 Å². The number of fused-ring (bicyclic) bond motifs is 2.